The molecule has 0 unspecified atom stereocenters. The number of nitriles is 1. The van der Waals surface area contributed by atoms with Gasteiger partial charge in [0.15, 0.2) is 11.5 Å². The molecule has 2 aliphatic heterocycles. The standard InChI is InChI=1S/C19H19FN6O3/c20-16-9-14(26-11-15(12-27)29-19(26)28)2-3-17(16)24-5-7-25(8-6-24)18-4-1-13(10-21)22-23-18/h1-4,9,15,27H,5-8,11-12H2/t15-/m1/s1. The number of ether oxygens (including phenoxy) is 1. The zero-order valence-corrected chi connectivity index (χ0v) is 15.5. The van der Waals surface area contributed by atoms with Gasteiger partial charge in [-0.05, 0) is 30.3 Å². The third kappa shape index (κ3) is 3.77. The van der Waals surface area contributed by atoms with E-state index >= 15 is 0 Å². The Morgan fingerprint density at radius 2 is 1.93 bits per heavy atom. The van der Waals surface area contributed by atoms with E-state index in [9.17, 15) is 9.18 Å². The highest BCUT2D eigenvalue weighted by atomic mass is 19.1. The molecule has 2 fully saturated rings. The van der Waals surface area contributed by atoms with Gasteiger partial charge in [-0.3, -0.25) is 4.90 Å². The molecule has 0 spiro atoms. The zero-order chi connectivity index (χ0) is 20.4. The second-order valence-electron chi connectivity index (χ2n) is 6.80. The van der Waals surface area contributed by atoms with Gasteiger partial charge < -0.3 is 19.6 Å². The predicted octanol–water partition coefficient (Wildman–Crippen LogP) is 1.13. The van der Waals surface area contributed by atoms with Gasteiger partial charge >= 0.3 is 6.09 Å². The first-order valence-corrected chi connectivity index (χ1v) is 9.21. The first-order valence-electron chi connectivity index (χ1n) is 9.21. The van der Waals surface area contributed by atoms with Crippen molar-refractivity contribution < 1.29 is 19.0 Å². The Bertz CT molecular complexity index is 940. The monoisotopic (exact) mass is 398 g/mol. The van der Waals surface area contributed by atoms with Crippen LogP contribution in [0.15, 0.2) is 30.3 Å². The van der Waals surface area contributed by atoms with Crippen molar-refractivity contribution in [3.8, 4) is 6.07 Å². The summed E-state index contributed by atoms with van der Waals surface area (Å²) in [4.78, 5) is 17.2. The smallest absolute Gasteiger partial charge is 0.414 e. The molecule has 1 aromatic heterocycles. The van der Waals surface area contributed by atoms with Gasteiger partial charge in [-0.15, -0.1) is 10.2 Å². The number of hydrogen-bond donors (Lipinski definition) is 1. The number of rotatable bonds is 4. The fourth-order valence-corrected chi connectivity index (χ4v) is 3.48. The van der Waals surface area contributed by atoms with Gasteiger partial charge in [0.1, 0.15) is 18.0 Å². The molecular formula is C19H19FN6O3. The molecule has 2 aromatic rings. The topological polar surface area (TPSA) is 106 Å². The van der Waals surface area contributed by atoms with E-state index < -0.39 is 18.0 Å². The molecule has 1 aromatic carbocycles. The summed E-state index contributed by atoms with van der Waals surface area (Å²) in [5, 5.41) is 25.8. The molecule has 0 radical (unpaired) electrons. The van der Waals surface area contributed by atoms with Crippen molar-refractivity contribution in [1.82, 2.24) is 10.2 Å². The fourth-order valence-electron chi connectivity index (χ4n) is 3.48. The first-order chi connectivity index (χ1) is 14.1. The first kappa shape index (κ1) is 18.9. The van der Waals surface area contributed by atoms with E-state index in [1.807, 2.05) is 15.9 Å². The molecule has 0 saturated carbocycles. The van der Waals surface area contributed by atoms with Crippen LogP contribution in [0, 0.1) is 17.1 Å². The van der Waals surface area contributed by atoms with E-state index in [0.29, 0.717) is 43.4 Å². The Hall–Kier alpha value is -3.45. The number of halogens is 1. The maximum atomic E-state index is 14.8. The highest BCUT2D eigenvalue weighted by Crippen LogP contribution is 2.29. The molecule has 10 heteroatoms. The Labute approximate surface area is 166 Å². The van der Waals surface area contributed by atoms with Gasteiger partial charge in [0.2, 0.25) is 0 Å². The Morgan fingerprint density at radius 3 is 2.52 bits per heavy atom. The van der Waals surface area contributed by atoms with Crippen LogP contribution in [-0.4, -0.2) is 66.8 Å². The Kier molecular flexibility index (Phi) is 5.14. The number of aliphatic hydroxyl groups is 1. The molecule has 3 heterocycles. The van der Waals surface area contributed by atoms with E-state index in [0.717, 1.165) is 0 Å². The SMILES string of the molecule is N#Cc1ccc(N2CCN(c3ccc(N4C[C@H](CO)OC4=O)cc3F)CC2)nn1. The minimum absolute atomic E-state index is 0.193. The summed E-state index contributed by atoms with van der Waals surface area (Å²) in [6.45, 7) is 2.39. The lowest BCUT2D eigenvalue weighted by atomic mass is 10.2. The van der Waals surface area contributed by atoms with Crippen LogP contribution in [0.4, 0.5) is 26.4 Å². The van der Waals surface area contributed by atoms with Gasteiger partial charge in [0.05, 0.1) is 24.5 Å². The lowest BCUT2D eigenvalue weighted by molar-refractivity contribution is 0.0963. The van der Waals surface area contributed by atoms with E-state index in [1.54, 1.807) is 24.3 Å². The van der Waals surface area contributed by atoms with Crippen LogP contribution in [0.5, 0.6) is 0 Å². The maximum absolute atomic E-state index is 14.8. The van der Waals surface area contributed by atoms with E-state index in [4.69, 9.17) is 15.1 Å². The van der Waals surface area contributed by atoms with Crippen molar-refractivity contribution >= 4 is 23.3 Å². The molecule has 9 nitrogen and oxygen atoms in total. The molecule has 4 rings (SSSR count). The summed E-state index contributed by atoms with van der Waals surface area (Å²) in [6, 6.07) is 9.96. The van der Waals surface area contributed by atoms with Crippen molar-refractivity contribution in [3.63, 3.8) is 0 Å². The van der Waals surface area contributed by atoms with Crippen molar-refractivity contribution in [2.24, 2.45) is 0 Å². The third-order valence-electron chi connectivity index (χ3n) is 5.03. The third-order valence-corrected chi connectivity index (χ3v) is 5.03. The number of piperazine rings is 1. The molecule has 29 heavy (non-hydrogen) atoms. The molecule has 1 N–H and O–H groups in total. The number of hydrogen-bond acceptors (Lipinski definition) is 8. The molecule has 2 saturated heterocycles. The normalized spacial score (nSPS) is 19.3. The molecule has 2 aliphatic rings. The number of benzene rings is 1. The molecule has 1 atom stereocenters. The second-order valence-corrected chi connectivity index (χ2v) is 6.80. The summed E-state index contributed by atoms with van der Waals surface area (Å²) in [5.74, 6) is 0.264. The molecule has 0 bridgehead atoms. The molecule has 1 amide bonds. The fraction of sp³-hybridized carbons (Fsp3) is 0.368. The predicted molar refractivity (Wildman–Crippen MR) is 102 cm³/mol. The number of amides is 1. The number of anilines is 3. The summed E-state index contributed by atoms with van der Waals surface area (Å²) in [5.41, 5.74) is 1.13. The highest BCUT2D eigenvalue weighted by molar-refractivity contribution is 5.90. The van der Waals surface area contributed by atoms with E-state index in [1.165, 1.54) is 11.0 Å². The number of nitrogens with zero attached hydrogens (tertiary/aromatic N) is 6. The number of aliphatic hydroxyl groups excluding tert-OH is 1. The lowest BCUT2D eigenvalue weighted by Crippen LogP contribution is -2.47. The van der Waals surface area contributed by atoms with Crippen LogP contribution in [-0.2, 0) is 4.74 Å². The van der Waals surface area contributed by atoms with Crippen LogP contribution in [0.2, 0.25) is 0 Å². The van der Waals surface area contributed by atoms with Gasteiger partial charge in [-0.2, -0.15) is 5.26 Å². The minimum Gasteiger partial charge on any atom is -0.441 e. The summed E-state index contributed by atoms with van der Waals surface area (Å²) >= 11 is 0. The number of aromatic nitrogens is 2. The van der Waals surface area contributed by atoms with Crippen molar-refractivity contribution in [2.75, 3.05) is 54.0 Å². The average molecular weight is 398 g/mol. The van der Waals surface area contributed by atoms with Gasteiger partial charge in [0, 0.05) is 26.2 Å². The highest BCUT2D eigenvalue weighted by Gasteiger charge is 2.32. The quantitative estimate of drug-likeness (QED) is 0.817. The van der Waals surface area contributed by atoms with Crippen LogP contribution in [0.25, 0.3) is 0 Å². The maximum Gasteiger partial charge on any atom is 0.414 e. The molecule has 150 valence electrons. The van der Waals surface area contributed by atoms with Crippen molar-refractivity contribution in [1.29, 1.82) is 5.26 Å². The number of carbonyl (C=O) groups excluding carboxylic acids is 1. The van der Waals surface area contributed by atoms with Crippen LogP contribution < -0.4 is 14.7 Å². The zero-order valence-electron chi connectivity index (χ0n) is 15.5. The van der Waals surface area contributed by atoms with Crippen LogP contribution in [0.1, 0.15) is 5.69 Å². The van der Waals surface area contributed by atoms with E-state index in [-0.39, 0.29) is 18.8 Å². The molecule has 0 aliphatic carbocycles. The van der Waals surface area contributed by atoms with Gasteiger partial charge in [-0.25, -0.2) is 9.18 Å². The van der Waals surface area contributed by atoms with E-state index in [2.05, 4.69) is 10.2 Å². The average Bonchev–Trinajstić information content (AvgIpc) is 3.15. The van der Waals surface area contributed by atoms with Gasteiger partial charge in [0.25, 0.3) is 0 Å². The molecular weight excluding hydrogens is 379 g/mol. The van der Waals surface area contributed by atoms with Crippen LogP contribution in [0.3, 0.4) is 0 Å². The minimum atomic E-state index is -0.594. The second kappa shape index (κ2) is 7.89. The summed E-state index contributed by atoms with van der Waals surface area (Å²) < 4.78 is 19.8. The van der Waals surface area contributed by atoms with Gasteiger partial charge in [-0.1, -0.05) is 0 Å². The Balaban J connectivity index is 1.42. The number of cyclic esters (lactones) is 1. The number of carbonyl (C=O) groups is 1. The van der Waals surface area contributed by atoms with Crippen molar-refractivity contribution in [2.45, 2.75) is 6.10 Å². The van der Waals surface area contributed by atoms with Crippen LogP contribution >= 0.6 is 0 Å². The Morgan fingerprint density at radius 1 is 1.17 bits per heavy atom. The summed E-state index contributed by atoms with van der Waals surface area (Å²) in [6.07, 6.45) is -1.18. The van der Waals surface area contributed by atoms with Crippen molar-refractivity contribution in [3.05, 3.63) is 41.8 Å². The largest absolute Gasteiger partial charge is 0.441 e. The summed E-state index contributed by atoms with van der Waals surface area (Å²) in [7, 11) is 0. The lowest BCUT2D eigenvalue weighted by Gasteiger charge is -2.36.